The third-order valence-electron chi connectivity index (χ3n) is 8.67. The van der Waals surface area contributed by atoms with Gasteiger partial charge in [0.25, 0.3) is 0 Å². The molecule has 4 N–H and O–H groups in total. The Kier molecular flexibility index (Phi) is 4.34. The normalized spacial score (nSPS) is 16.8. The molecule has 10 nitrogen and oxygen atoms in total. The van der Waals surface area contributed by atoms with Gasteiger partial charge in [-0.2, -0.15) is 0 Å². The van der Waals surface area contributed by atoms with Gasteiger partial charge in [-0.05, 0) is 60.7 Å². The largest absolute Gasteiger partial charge is 0.508 e. The number of ether oxygens (including phenoxy) is 4. The van der Waals surface area contributed by atoms with E-state index in [0.717, 1.165) is 0 Å². The van der Waals surface area contributed by atoms with Crippen molar-refractivity contribution in [2.45, 2.75) is 11.2 Å². The average Bonchev–Trinajstić information content (AvgIpc) is 3.43. The zero-order chi connectivity index (χ0) is 30.1. The van der Waals surface area contributed by atoms with E-state index in [1.165, 1.54) is 48.5 Å². The van der Waals surface area contributed by atoms with Gasteiger partial charge in [-0.25, -0.2) is 9.59 Å². The van der Waals surface area contributed by atoms with E-state index in [1.54, 1.807) is 36.4 Å². The van der Waals surface area contributed by atoms with Crippen LogP contribution in [0.5, 0.6) is 46.0 Å². The molecule has 9 rings (SSSR count). The Bertz CT molecular complexity index is 1920. The van der Waals surface area contributed by atoms with E-state index in [9.17, 15) is 30.0 Å². The molecule has 0 amide bonds. The van der Waals surface area contributed by atoms with Crippen LogP contribution in [-0.2, 0) is 20.7 Å². The Labute approximate surface area is 247 Å². The van der Waals surface area contributed by atoms with E-state index < -0.39 is 23.1 Å². The molecule has 0 saturated heterocycles. The number of carbonyl (C=O) groups is 2. The molecule has 0 fully saturated rings. The van der Waals surface area contributed by atoms with Gasteiger partial charge in [0.2, 0.25) is 0 Å². The molecular formula is C34H18O10. The molecule has 4 heterocycles. The van der Waals surface area contributed by atoms with E-state index in [1.807, 2.05) is 0 Å². The van der Waals surface area contributed by atoms with Gasteiger partial charge in [0.05, 0.1) is 11.1 Å². The molecule has 0 saturated carbocycles. The highest BCUT2D eigenvalue weighted by Crippen LogP contribution is 2.61. The molecule has 0 radical (unpaired) electrons. The molecule has 0 aliphatic carbocycles. The third kappa shape index (κ3) is 2.84. The summed E-state index contributed by atoms with van der Waals surface area (Å²) in [6.45, 7) is 0. The summed E-state index contributed by atoms with van der Waals surface area (Å²) in [5.41, 5.74) is -0.493. The number of hydrogen-bond donors (Lipinski definition) is 4. The fourth-order valence-electron chi connectivity index (χ4n) is 6.89. The molecule has 214 valence electrons. The molecule has 5 aromatic rings. The van der Waals surface area contributed by atoms with Crippen LogP contribution in [0.1, 0.15) is 54.1 Å². The number of aromatic hydroxyl groups is 4. The van der Waals surface area contributed by atoms with Crippen molar-refractivity contribution in [2.24, 2.45) is 0 Å². The van der Waals surface area contributed by atoms with Crippen LogP contribution < -0.4 is 9.47 Å². The Balaban J connectivity index is 1.35. The fraction of sp³-hybridized carbons (Fsp3) is 0.0588. The van der Waals surface area contributed by atoms with Crippen molar-refractivity contribution in [1.82, 2.24) is 0 Å². The predicted octanol–water partition coefficient (Wildman–Crippen LogP) is 5.65. The SMILES string of the molecule is O=C1OC2(c3ccc(O)cc3Oc3cc(O)ccc32)c2cc3c(cc21)C1(OC3=O)c2ccc(O)cc2Oc2cc(O)ccc21. The second-order valence-electron chi connectivity index (χ2n) is 11.0. The highest BCUT2D eigenvalue weighted by Gasteiger charge is 2.58. The number of phenols is 4. The number of fused-ring (bicyclic) bond motifs is 12. The van der Waals surface area contributed by atoms with Gasteiger partial charge in [0, 0.05) is 57.6 Å². The Morgan fingerprint density at radius 3 is 1.00 bits per heavy atom. The molecule has 0 atom stereocenters. The lowest BCUT2D eigenvalue weighted by Crippen LogP contribution is -2.33. The first-order valence-electron chi connectivity index (χ1n) is 13.5. The van der Waals surface area contributed by atoms with Crippen molar-refractivity contribution >= 4 is 11.9 Å². The van der Waals surface area contributed by atoms with Crippen LogP contribution in [0.25, 0.3) is 0 Å². The number of phenolic OH excluding ortho intramolecular Hbond substituents is 4. The molecular weight excluding hydrogens is 568 g/mol. The van der Waals surface area contributed by atoms with Crippen molar-refractivity contribution < 1.29 is 49.0 Å². The Morgan fingerprint density at radius 1 is 0.409 bits per heavy atom. The molecule has 2 spiro atoms. The highest BCUT2D eigenvalue weighted by molar-refractivity contribution is 6.03. The summed E-state index contributed by atoms with van der Waals surface area (Å²) in [4.78, 5) is 27.7. The van der Waals surface area contributed by atoms with Crippen molar-refractivity contribution in [1.29, 1.82) is 0 Å². The number of esters is 2. The van der Waals surface area contributed by atoms with Gasteiger partial charge < -0.3 is 39.4 Å². The van der Waals surface area contributed by atoms with Crippen LogP contribution in [0.15, 0.2) is 84.9 Å². The minimum Gasteiger partial charge on any atom is -0.508 e. The van der Waals surface area contributed by atoms with Crippen molar-refractivity contribution in [2.75, 3.05) is 0 Å². The van der Waals surface area contributed by atoms with Crippen LogP contribution in [0.4, 0.5) is 0 Å². The van der Waals surface area contributed by atoms with Gasteiger partial charge in [-0.3, -0.25) is 0 Å². The molecule has 0 bridgehead atoms. The first-order valence-corrected chi connectivity index (χ1v) is 13.5. The maximum Gasteiger partial charge on any atom is 0.340 e. The Hall–Kier alpha value is -6.16. The van der Waals surface area contributed by atoms with E-state index in [2.05, 4.69) is 0 Å². The van der Waals surface area contributed by atoms with E-state index >= 15 is 0 Å². The summed E-state index contributed by atoms with van der Waals surface area (Å²) in [5.74, 6) is -0.875. The highest BCUT2D eigenvalue weighted by atomic mass is 16.6. The predicted molar refractivity (Wildman–Crippen MR) is 150 cm³/mol. The number of benzene rings is 5. The lowest BCUT2D eigenvalue weighted by molar-refractivity contribution is 0.0219. The number of hydrogen-bond acceptors (Lipinski definition) is 10. The summed E-state index contributed by atoms with van der Waals surface area (Å²) in [7, 11) is 0. The Morgan fingerprint density at radius 2 is 0.705 bits per heavy atom. The van der Waals surface area contributed by atoms with Gasteiger partial charge in [-0.15, -0.1) is 0 Å². The average molecular weight is 587 g/mol. The summed E-state index contributed by atoms with van der Waals surface area (Å²) in [6.07, 6.45) is 0. The van der Waals surface area contributed by atoms with E-state index in [0.29, 0.717) is 33.4 Å². The molecule has 5 aromatic carbocycles. The minimum absolute atomic E-state index is 0.0829. The van der Waals surface area contributed by atoms with Gasteiger partial charge >= 0.3 is 11.9 Å². The molecule has 44 heavy (non-hydrogen) atoms. The monoisotopic (exact) mass is 586 g/mol. The number of rotatable bonds is 0. The second kappa shape index (κ2) is 7.81. The summed E-state index contributed by atoms with van der Waals surface area (Å²) in [6, 6.07) is 20.8. The lowest BCUT2D eigenvalue weighted by atomic mass is 9.73. The zero-order valence-electron chi connectivity index (χ0n) is 22.3. The summed E-state index contributed by atoms with van der Waals surface area (Å²) in [5, 5.41) is 40.9. The topological polar surface area (TPSA) is 152 Å². The van der Waals surface area contributed by atoms with Crippen LogP contribution >= 0.6 is 0 Å². The third-order valence-corrected chi connectivity index (χ3v) is 8.67. The zero-order valence-corrected chi connectivity index (χ0v) is 22.3. The first kappa shape index (κ1) is 24.4. The standard InChI is InChI=1S/C34H18O10/c35-15-1-5-21-27(9-15)41-28-10-16(36)2-6-22(28)33(21)25-13-20-26(14-19(25)31(39)43-33)34(44-32(20)40)23-7-3-17(37)11-29(23)42-30-12-18(38)4-8-24(30)34/h1-14,35-38H. The smallest absolute Gasteiger partial charge is 0.340 e. The van der Waals surface area contributed by atoms with Gasteiger partial charge in [-0.1, -0.05) is 0 Å². The van der Waals surface area contributed by atoms with E-state index in [-0.39, 0.29) is 57.1 Å². The molecule has 0 unspecified atom stereocenters. The summed E-state index contributed by atoms with van der Waals surface area (Å²) < 4.78 is 24.5. The quantitative estimate of drug-likeness (QED) is 0.168. The van der Waals surface area contributed by atoms with Crippen LogP contribution in [-0.4, -0.2) is 32.4 Å². The molecule has 4 aliphatic rings. The van der Waals surface area contributed by atoms with Gasteiger partial charge in [0.1, 0.15) is 46.0 Å². The molecule has 4 aliphatic heterocycles. The lowest BCUT2D eigenvalue weighted by Gasteiger charge is -2.37. The van der Waals surface area contributed by atoms with Crippen LogP contribution in [0.3, 0.4) is 0 Å². The van der Waals surface area contributed by atoms with E-state index in [4.69, 9.17) is 18.9 Å². The van der Waals surface area contributed by atoms with Crippen molar-refractivity contribution in [3.8, 4) is 46.0 Å². The second-order valence-corrected chi connectivity index (χ2v) is 11.0. The first-order chi connectivity index (χ1) is 21.2. The van der Waals surface area contributed by atoms with Crippen molar-refractivity contribution in [3.05, 3.63) is 129 Å². The number of carbonyl (C=O) groups excluding carboxylic acids is 2. The van der Waals surface area contributed by atoms with Crippen LogP contribution in [0, 0.1) is 0 Å². The molecule has 10 heteroatoms. The minimum atomic E-state index is -1.58. The maximum atomic E-state index is 13.8. The maximum absolute atomic E-state index is 13.8. The van der Waals surface area contributed by atoms with Crippen LogP contribution in [0.2, 0.25) is 0 Å². The molecule has 0 aromatic heterocycles. The van der Waals surface area contributed by atoms with Crippen molar-refractivity contribution in [3.63, 3.8) is 0 Å². The van der Waals surface area contributed by atoms with Gasteiger partial charge in [0.15, 0.2) is 11.2 Å². The fourth-order valence-corrected chi connectivity index (χ4v) is 6.89. The summed E-state index contributed by atoms with van der Waals surface area (Å²) >= 11 is 0.